The lowest BCUT2D eigenvalue weighted by Crippen LogP contribution is -2.53. The van der Waals surface area contributed by atoms with Gasteiger partial charge in [0.25, 0.3) is 0 Å². The molecule has 6 heteroatoms. The van der Waals surface area contributed by atoms with Crippen LogP contribution in [0.3, 0.4) is 0 Å². The summed E-state index contributed by atoms with van der Waals surface area (Å²) >= 11 is 1.86. The molecule has 4 aliphatic rings. The molecule has 30 heavy (non-hydrogen) atoms. The molecule has 5 nitrogen and oxygen atoms in total. The molecule has 2 aromatic rings. The molecule has 0 spiro atoms. The number of furan rings is 1. The molecule has 1 saturated carbocycles. The summed E-state index contributed by atoms with van der Waals surface area (Å²) in [6, 6.07) is 4.86. The second-order valence-corrected chi connectivity index (χ2v) is 10.2. The molecule has 0 bridgehead atoms. The summed E-state index contributed by atoms with van der Waals surface area (Å²) in [6.07, 6.45) is 12.7. The number of piperazine rings is 1. The number of amidine groups is 1. The van der Waals surface area contributed by atoms with Crippen molar-refractivity contribution in [3.8, 4) is 0 Å². The molecule has 156 valence electrons. The molecule has 2 aliphatic carbocycles. The summed E-state index contributed by atoms with van der Waals surface area (Å²) in [5.41, 5.74) is 5.17. The van der Waals surface area contributed by atoms with Crippen molar-refractivity contribution in [3.63, 3.8) is 0 Å². The molecular weight excluding hydrogens is 392 g/mol. The predicted octanol–water partition coefficient (Wildman–Crippen LogP) is 4.54. The maximum absolute atomic E-state index is 5.39. The quantitative estimate of drug-likeness (QED) is 0.716. The van der Waals surface area contributed by atoms with Crippen LogP contribution in [0.2, 0.25) is 0 Å². The third-order valence-corrected chi connectivity index (χ3v) is 7.67. The lowest BCUT2D eigenvalue weighted by molar-refractivity contribution is 0.282. The number of nitrogens with zero attached hydrogens (tertiary/aromatic N) is 2. The van der Waals surface area contributed by atoms with Crippen LogP contribution >= 0.6 is 11.3 Å². The van der Waals surface area contributed by atoms with Crippen molar-refractivity contribution in [2.45, 2.75) is 38.6 Å². The maximum atomic E-state index is 5.39. The van der Waals surface area contributed by atoms with E-state index < -0.39 is 0 Å². The molecule has 0 radical (unpaired) electrons. The number of rotatable bonds is 3. The first-order chi connectivity index (χ1) is 14.7. The van der Waals surface area contributed by atoms with E-state index in [1.54, 1.807) is 6.26 Å². The van der Waals surface area contributed by atoms with Gasteiger partial charge in [0, 0.05) is 48.6 Å². The summed E-state index contributed by atoms with van der Waals surface area (Å²) in [5.74, 6) is 2.46. The van der Waals surface area contributed by atoms with Crippen LogP contribution in [0.25, 0.3) is 0 Å². The zero-order valence-corrected chi connectivity index (χ0v) is 18.2. The molecular formula is C24H28N4OS. The molecule has 2 aromatic heterocycles. The van der Waals surface area contributed by atoms with Gasteiger partial charge in [-0.25, -0.2) is 4.99 Å². The predicted molar refractivity (Wildman–Crippen MR) is 122 cm³/mol. The molecule has 6 rings (SSSR count). The summed E-state index contributed by atoms with van der Waals surface area (Å²) < 4.78 is 5.23. The van der Waals surface area contributed by atoms with Crippen molar-refractivity contribution in [1.82, 2.24) is 10.2 Å². The summed E-state index contributed by atoms with van der Waals surface area (Å²) in [5, 5.41) is 8.76. The lowest BCUT2D eigenvalue weighted by atomic mass is 10.0. The Bertz CT molecular complexity index is 1030. The molecule has 4 heterocycles. The van der Waals surface area contributed by atoms with Crippen molar-refractivity contribution in [2.24, 2.45) is 16.8 Å². The second-order valence-electron chi connectivity index (χ2n) is 8.93. The van der Waals surface area contributed by atoms with Crippen LogP contribution in [0.15, 0.2) is 57.6 Å². The van der Waals surface area contributed by atoms with Crippen molar-refractivity contribution >= 4 is 22.2 Å². The van der Waals surface area contributed by atoms with E-state index in [0.717, 1.165) is 38.9 Å². The Balaban J connectivity index is 1.29. The topological polar surface area (TPSA) is 52.8 Å². The maximum Gasteiger partial charge on any atom is 0.139 e. The molecule has 1 saturated heterocycles. The van der Waals surface area contributed by atoms with Crippen LogP contribution < -0.4 is 10.6 Å². The molecule has 2 unspecified atom stereocenters. The highest BCUT2D eigenvalue weighted by Gasteiger charge is 2.42. The number of hydrogen-bond acceptors (Lipinski definition) is 6. The van der Waals surface area contributed by atoms with Gasteiger partial charge in [-0.15, -0.1) is 11.3 Å². The highest BCUT2D eigenvalue weighted by molar-refractivity contribution is 7.16. The Hall–Kier alpha value is -2.31. The Morgan fingerprint density at radius 3 is 3.23 bits per heavy atom. The average molecular weight is 421 g/mol. The van der Waals surface area contributed by atoms with Crippen LogP contribution in [0.4, 0.5) is 5.00 Å². The number of fused-ring (bicyclic) bond motifs is 3. The highest BCUT2D eigenvalue weighted by atomic mass is 32.1. The van der Waals surface area contributed by atoms with Crippen LogP contribution in [0.5, 0.6) is 0 Å². The summed E-state index contributed by atoms with van der Waals surface area (Å²) in [6.45, 7) is 5.20. The fourth-order valence-corrected chi connectivity index (χ4v) is 5.94. The van der Waals surface area contributed by atoms with Gasteiger partial charge in [-0.05, 0) is 49.8 Å². The van der Waals surface area contributed by atoms with Crippen LogP contribution in [-0.2, 0) is 6.42 Å². The molecule has 2 aliphatic heterocycles. The van der Waals surface area contributed by atoms with E-state index >= 15 is 0 Å². The zero-order valence-electron chi connectivity index (χ0n) is 17.4. The molecule has 2 N–H and O–H groups in total. The minimum absolute atomic E-state index is 0.466. The number of aryl methyl sites for hydroxylation is 2. The third kappa shape index (κ3) is 3.42. The van der Waals surface area contributed by atoms with E-state index in [2.05, 4.69) is 46.7 Å². The van der Waals surface area contributed by atoms with E-state index in [1.807, 2.05) is 17.6 Å². The smallest absolute Gasteiger partial charge is 0.139 e. The first kappa shape index (κ1) is 18.5. The monoisotopic (exact) mass is 420 g/mol. The van der Waals surface area contributed by atoms with Gasteiger partial charge in [-0.3, -0.25) is 0 Å². The number of nitrogens with one attached hydrogen (secondary N) is 2. The van der Waals surface area contributed by atoms with Crippen LogP contribution in [0, 0.1) is 18.8 Å². The number of anilines is 1. The highest BCUT2D eigenvalue weighted by Crippen LogP contribution is 2.50. The van der Waals surface area contributed by atoms with Crippen molar-refractivity contribution in [3.05, 3.63) is 64.2 Å². The first-order valence-electron chi connectivity index (χ1n) is 11.1. The standard InChI is InChI=1S/C24H28N4OS/c1-15-11-20-23(28-9-8-25-18(13-28)6-5-16-7-10-29-14-16)27-22-19-12-17(19)3-2-4-21(22)26-24(20)30-15/h2-3,7,10-11,14,17-19,25-26H,4-6,8-9,12-13H2,1H3/t17?,18-,19?/m0/s1. The fraction of sp³-hybridized carbons (Fsp3) is 0.458. The van der Waals surface area contributed by atoms with Gasteiger partial charge < -0.3 is 20.0 Å². The minimum atomic E-state index is 0.466. The van der Waals surface area contributed by atoms with Gasteiger partial charge in [0.05, 0.1) is 23.8 Å². The van der Waals surface area contributed by atoms with Crippen molar-refractivity contribution in [2.75, 3.05) is 25.0 Å². The largest absolute Gasteiger partial charge is 0.472 e. The van der Waals surface area contributed by atoms with Gasteiger partial charge in [-0.1, -0.05) is 12.2 Å². The van der Waals surface area contributed by atoms with E-state index in [-0.39, 0.29) is 0 Å². The van der Waals surface area contributed by atoms with Crippen molar-refractivity contribution < 1.29 is 4.42 Å². The number of hydrogen-bond donors (Lipinski definition) is 2. The number of aliphatic imine (C=N–C) groups is 1. The summed E-state index contributed by atoms with van der Waals surface area (Å²) in [4.78, 5) is 9.25. The van der Waals surface area contributed by atoms with Crippen LogP contribution in [-0.4, -0.2) is 36.4 Å². The Kier molecular flexibility index (Phi) is 4.57. The van der Waals surface area contributed by atoms with Crippen LogP contribution in [0.1, 0.15) is 35.3 Å². The van der Waals surface area contributed by atoms with E-state index in [4.69, 9.17) is 9.41 Å². The minimum Gasteiger partial charge on any atom is -0.472 e. The zero-order chi connectivity index (χ0) is 20.1. The second kappa shape index (κ2) is 7.43. The average Bonchev–Trinajstić information content (AvgIpc) is 3.22. The first-order valence-corrected chi connectivity index (χ1v) is 11.9. The van der Waals surface area contributed by atoms with Gasteiger partial charge in [0.1, 0.15) is 10.8 Å². The van der Waals surface area contributed by atoms with Gasteiger partial charge >= 0.3 is 0 Å². The number of allylic oxidation sites excluding steroid dienone is 3. The van der Waals surface area contributed by atoms with E-state index in [9.17, 15) is 0 Å². The van der Waals surface area contributed by atoms with E-state index in [0.29, 0.717) is 17.9 Å². The summed E-state index contributed by atoms with van der Waals surface area (Å²) in [7, 11) is 0. The molecule has 2 fully saturated rings. The molecule has 3 atom stereocenters. The Labute approximate surface area is 181 Å². The Morgan fingerprint density at radius 1 is 1.37 bits per heavy atom. The van der Waals surface area contributed by atoms with Gasteiger partial charge in [-0.2, -0.15) is 0 Å². The fourth-order valence-electron chi connectivity index (χ4n) is 5.01. The lowest BCUT2D eigenvalue weighted by Gasteiger charge is -2.36. The molecule has 0 aromatic carbocycles. The third-order valence-electron chi connectivity index (χ3n) is 6.71. The Morgan fingerprint density at radius 2 is 2.33 bits per heavy atom. The van der Waals surface area contributed by atoms with Gasteiger partial charge in [0.15, 0.2) is 0 Å². The SMILES string of the molecule is Cc1cc2c(s1)NC1=C(N=C2N2CCN[C@@H](CCc3ccoc3)C2)C2CC2C=CC1. The van der Waals surface area contributed by atoms with Crippen molar-refractivity contribution in [1.29, 1.82) is 0 Å². The molecule has 0 amide bonds. The van der Waals surface area contributed by atoms with Gasteiger partial charge in [0.2, 0.25) is 0 Å². The van der Waals surface area contributed by atoms with E-state index in [1.165, 1.54) is 44.7 Å². The normalized spacial score (nSPS) is 27.4. The number of thiophene rings is 1.